The highest BCUT2D eigenvalue weighted by atomic mass is 16.8. The Morgan fingerprint density at radius 2 is 0.639 bits per heavy atom. The SMILES string of the molecule is CC/C=C\C/C=C\C/C=C\C/C=C\C/C=C\C/C=C\C/C=C\CCCCCCCCCCCC(=O)NC(COC1OC(CO)C(OC2OC(CO)C(OC3OC(CO)C(O)C(O)C3O)C(O)C2O)C(O)C1O)C(O)/C=C/CCCCCCCCCCCCCCCCCCCCCCCCCCCCCCCC. The van der Waals surface area contributed by atoms with Gasteiger partial charge in [-0.15, -0.1) is 0 Å². The summed E-state index contributed by atoms with van der Waals surface area (Å²) in [4.78, 5) is 13.5. The zero-order valence-corrected chi connectivity index (χ0v) is 67.3. The summed E-state index contributed by atoms with van der Waals surface area (Å²) < 4.78 is 34.5. The summed E-state index contributed by atoms with van der Waals surface area (Å²) in [5.41, 5.74) is 0. The Morgan fingerprint density at radius 1 is 0.343 bits per heavy atom. The first kappa shape index (κ1) is 98.9. The van der Waals surface area contributed by atoms with Crippen molar-refractivity contribution in [1.29, 1.82) is 0 Å². The van der Waals surface area contributed by atoms with Crippen molar-refractivity contribution in [2.75, 3.05) is 26.4 Å². The van der Waals surface area contributed by atoms with Gasteiger partial charge in [0, 0.05) is 6.42 Å². The zero-order valence-electron chi connectivity index (χ0n) is 67.3. The molecule has 108 heavy (non-hydrogen) atoms. The molecule has 3 rings (SSSR count). The second-order valence-corrected chi connectivity index (χ2v) is 30.6. The van der Waals surface area contributed by atoms with E-state index < -0.39 is 124 Å². The number of nitrogens with one attached hydrogen (secondary N) is 1. The summed E-state index contributed by atoms with van der Waals surface area (Å²) in [5.74, 6) is -0.282. The average molecular weight is 1530 g/mol. The summed E-state index contributed by atoms with van der Waals surface area (Å²) >= 11 is 0. The van der Waals surface area contributed by atoms with Crippen LogP contribution in [0.2, 0.25) is 0 Å². The summed E-state index contributed by atoms with van der Waals surface area (Å²) in [5, 5.41) is 121. The Balaban J connectivity index is 1.36. The number of carbonyl (C=O) groups is 1. The van der Waals surface area contributed by atoms with Crippen LogP contribution in [0, 0.1) is 0 Å². The number of unbranched alkanes of at least 4 members (excludes halogenated alkanes) is 39. The van der Waals surface area contributed by atoms with Crippen LogP contribution in [0.25, 0.3) is 0 Å². The molecule has 0 bridgehead atoms. The van der Waals surface area contributed by atoms with E-state index in [4.69, 9.17) is 28.4 Å². The molecule has 0 aromatic carbocycles. The lowest BCUT2D eigenvalue weighted by molar-refractivity contribution is -0.379. The number of allylic oxidation sites excluding steroid dienone is 15. The van der Waals surface area contributed by atoms with Crippen LogP contribution < -0.4 is 5.32 Å². The number of hydrogen-bond donors (Lipinski definition) is 12. The highest BCUT2D eigenvalue weighted by Gasteiger charge is 2.54. The van der Waals surface area contributed by atoms with Gasteiger partial charge >= 0.3 is 0 Å². The average Bonchev–Trinajstić information content (AvgIpc) is 0.779. The van der Waals surface area contributed by atoms with Gasteiger partial charge < -0.3 is 89.9 Å². The van der Waals surface area contributed by atoms with Gasteiger partial charge in [-0.25, -0.2) is 0 Å². The molecule has 0 saturated carbocycles. The number of hydrogen-bond acceptors (Lipinski definition) is 18. The minimum absolute atomic E-state index is 0.231. The first-order valence-electron chi connectivity index (χ1n) is 43.5. The van der Waals surface area contributed by atoms with Crippen molar-refractivity contribution in [2.24, 2.45) is 0 Å². The lowest BCUT2D eigenvalue weighted by atomic mass is 9.96. The number of aliphatic hydroxyl groups excluding tert-OH is 11. The normalized spacial score (nSPS) is 25.9. The summed E-state index contributed by atoms with van der Waals surface area (Å²) in [6.07, 6.45) is 66.8. The third kappa shape index (κ3) is 46.8. The molecule has 3 saturated heterocycles. The maximum absolute atomic E-state index is 13.5. The van der Waals surface area contributed by atoms with E-state index >= 15 is 0 Å². The lowest BCUT2D eigenvalue weighted by Gasteiger charge is -2.48. The van der Waals surface area contributed by atoms with Crippen LogP contribution in [0.4, 0.5) is 0 Å². The van der Waals surface area contributed by atoms with E-state index in [1.165, 1.54) is 199 Å². The van der Waals surface area contributed by atoms with Crippen LogP contribution in [0.1, 0.15) is 328 Å². The van der Waals surface area contributed by atoms with Crippen LogP contribution in [-0.2, 0) is 33.2 Å². The summed E-state index contributed by atoms with van der Waals surface area (Å²) in [6, 6.07) is -0.986. The molecule has 0 aromatic rings. The second kappa shape index (κ2) is 68.1. The fourth-order valence-corrected chi connectivity index (χ4v) is 14.2. The fraction of sp³-hybridized carbons (Fsp3) is 0.809. The Hall–Kier alpha value is -3.29. The fourth-order valence-electron chi connectivity index (χ4n) is 14.2. The van der Waals surface area contributed by atoms with E-state index in [-0.39, 0.29) is 18.9 Å². The van der Waals surface area contributed by atoms with Crippen molar-refractivity contribution in [3.8, 4) is 0 Å². The predicted octanol–water partition coefficient (Wildman–Crippen LogP) is 15.9. The van der Waals surface area contributed by atoms with E-state index in [9.17, 15) is 61.0 Å². The molecule has 12 N–H and O–H groups in total. The number of rotatable bonds is 69. The van der Waals surface area contributed by atoms with Crippen LogP contribution >= 0.6 is 0 Å². The van der Waals surface area contributed by atoms with E-state index in [2.05, 4.69) is 104 Å². The van der Waals surface area contributed by atoms with Gasteiger partial charge in [0.2, 0.25) is 5.91 Å². The van der Waals surface area contributed by atoms with Gasteiger partial charge in [-0.2, -0.15) is 0 Å². The molecule has 17 atom stereocenters. The van der Waals surface area contributed by atoms with Crippen LogP contribution in [0.15, 0.2) is 97.2 Å². The molecular formula is C89H157NO18. The van der Waals surface area contributed by atoms with Gasteiger partial charge in [0.15, 0.2) is 18.9 Å². The van der Waals surface area contributed by atoms with E-state index in [1.807, 2.05) is 6.08 Å². The topological polar surface area (TPSA) is 307 Å². The first-order valence-corrected chi connectivity index (χ1v) is 43.5. The Labute approximate surface area is 653 Å². The van der Waals surface area contributed by atoms with Gasteiger partial charge in [-0.1, -0.05) is 342 Å². The molecule has 3 aliphatic heterocycles. The number of ether oxygens (including phenoxy) is 6. The van der Waals surface area contributed by atoms with Crippen molar-refractivity contribution in [3.05, 3.63) is 97.2 Å². The number of carbonyl (C=O) groups excluding carboxylic acids is 1. The predicted molar refractivity (Wildman–Crippen MR) is 434 cm³/mol. The molecule has 0 aliphatic carbocycles. The Kier molecular flexibility index (Phi) is 62.4. The third-order valence-corrected chi connectivity index (χ3v) is 21.1. The Morgan fingerprint density at radius 3 is 1.00 bits per heavy atom. The van der Waals surface area contributed by atoms with Gasteiger partial charge in [0.25, 0.3) is 0 Å². The molecule has 3 aliphatic rings. The molecule has 3 fully saturated rings. The van der Waals surface area contributed by atoms with Crippen molar-refractivity contribution in [2.45, 2.75) is 433 Å². The highest BCUT2D eigenvalue weighted by molar-refractivity contribution is 5.76. The third-order valence-electron chi connectivity index (χ3n) is 21.1. The molecule has 0 aromatic heterocycles. The van der Waals surface area contributed by atoms with Crippen molar-refractivity contribution in [1.82, 2.24) is 5.32 Å². The maximum Gasteiger partial charge on any atom is 0.220 e. The molecule has 19 heteroatoms. The second-order valence-electron chi connectivity index (χ2n) is 30.6. The highest BCUT2D eigenvalue weighted by Crippen LogP contribution is 2.33. The number of aliphatic hydroxyl groups is 11. The van der Waals surface area contributed by atoms with E-state index in [1.54, 1.807) is 6.08 Å². The molecular weight excluding hydrogens is 1370 g/mol. The first-order chi connectivity index (χ1) is 52.8. The number of amides is 1. The van der Waals surface area contributed by atoms with Crippen LogP contribution in [-0.4, -0.2) is 193 Å². The van der Waals surface area contributed by atoms with Crippen LogP contribution in [0.3, 0.4) is 0 Å². The lowest BCUT2D eigenvalue weighted by Crippen LogP contribution is -2.66. The molecule has 19 nitrogen and oxygen atoms in total. The molecule has 1 amide bonds. The van der Waals surface area contributed by atoms with Gasteiger partial charge in [-0.3, -0.25) is 4.79 Å². The van der Waals surface area contributed by atoms with Crippen LogP contribution in [0.5, 0.6) is 0 Å². The largest absolute Gasteiger partial charge is 0.394 e. The molecule has 626 valence electrons. The molecule has 17 unspecified atom stereocenters. The maximum atomic E-state index is 13.5. The molecule has 0 radical (unpaired) electrons. The zero-order chi connectivity index (χ0) is 78.1. The van der Waals surface area contributed by atoms with Crippen molar-refractivity contribution < 1.29 is 89.4 Å². The minimum Gasteiger partial charge on any atom is -0.394 e. The summed E-state index contributed by atoms with van der Waals surface area (Å²) in [7, 11) is 0. The monoisotopic (exact) mass is 1530 g/mol. The van der Waals surface area contributed by atoms with Crippen molar-refractivity contribution in [3.63, 3.8) is 0 Å². The smallest absolute Gasteiger partial charge is 0.220 e. The standard InChI is InChI=1S/C89H157NO18/c1-3-5-7-9-11-13-15-17-19-21-23-25-27-29-31-33-35-37-38-40-42-44-46-48-50-52-54-56-58-60-62-64-66-73(94)72(90-77(95)67-65-63-61-59-57-55-53-51-49-47-45-43-41-39-36-34-32-30-28-26-24-22-20-18-16-14-12-10-8-6-4-2)71-103-87-83(101)80(98)85(75(69-92)105-87)108-89-84(102)81(99)86(76(70-93)106-89)107-88-82(100)79(97)78(96)74(68-91)104-88/h6,8,12,14,18,20,24,26,30,32,36,39,43,45,64,66,72-76,78-89,91-94,96-102H,3-5,7,9-11,13,15-17,19,21-23,25,27-29,31,33-35,37-38,40-42,44,46-63,65,67-71H2,1-2H3,(H,90,95)/b8-6-,14-12-,20-18-,26-24-,32-30-,39-36-,45-43-,66-64+. The van der Waals surface area contributed by atoms with Gasteiger partial charge in [0.1, 0.15) is 73.2 Å². The van der Waals surface area contributed by atoms with Gasteiger partial charge in [0.05, 0.1) is 38.6 Å². The molecule has 3 heterocycles. The van der Waals surface area contributed by atoms with Gasteiger partial charge in [-0.05, 0) is 77.0 Å². The van der Waals surface area contributed by atoms with E-state index in [0.29, 0.717) is 6.42 Å². The Bertz CT molecular complexity index is 2330. The van der Waals surface area contributed by atoms with E-state index in [0.717, 1.165) is 103 Å². The summed E-state index contributed by atoms with van der Waals surface area (Å²) in [6.45, 7) is 1.65. The quantitative estimate of drug-likeness (QED) is 0.0199. The molecule has 0 spiro atoms. The minimum atomic E-state index is -1.98. The van der Waals surface area contributed by atoms with Crippen molar-refractivity contribution >= 4 is 5.91 Å².